The van der Waals surface area contributed by atoms with Crippen LogP contribution in [0.3, 0.4) is 0 Å². The molecule has 0 fully saturated rings. The maximum absolute atomic E-state index is 12.3. The Morgan fingerprint density at radius 2 is 1.70 bits per heavy atom. The monoisotopic (exact) mass is 311 g/mol. The van der Waals surface area contributed by atoms with Crippen LogP contribution in [0.25, 0.3) is 0 Å². The minimum Gasteiger partial charge on any atom is -0.383 e. The Balaban J connectivity index is 2.10. The van der Waals surface area contributed by atoms with E-state index in [0.717, 1.165) is 11.4 Å². The van der Waals surface area contributed by atoms with E-state index in [1.807, 2.05) is 30.3 Å². The average Bonchev–Trinajstić information content (AvgIpc) is 2.46. The highest BCUT2D eigenvalue weighted by molar-refractivity contribution is 6.03. The lowest BCUT2D eigenvalue weighted by Crippen LogP contribution is -2.16. The summed E-state index contributed by atoms with van der Waals surface area (Å²) in [6.07, 6.45) is 1.64. The van der Waals surface area contributed by atoms with E-state index in [9.17, 15) is 4.79 Å². The summed E-state index contributed by atoms with van der Waals surface area (Å²) in [7, 11) is 0. The lowest BCUT2D eigenvalue weighted by molar-refractivity contribution is 0.102. The van der Waals surface area contributed by atoms with Gasteiger partial charge in [0, 0.05) is 23.6 Å². The topological polar surface area (TPSA) is 54.0 Å². The number of anilines is 2. The van der Waals surface area contributed by atoms with E-state index in [4.69, 9.17) is 0 Å². The van der Waals surface area contributed by atoms with Crippen molar-refractivity contribution < 1.29 is 4.79 Å². The fourth-order valence-electron chi connectivity index (χ4n) is 2.23. The zero-order valence-corrected chi connectivity index (χ0v) is 14.5. The van der Waals surface area contributed by atoms with Crippen LogP contribution in [-0.4, -0.2) is 16.9 Å². The number of carbonyl (C=O) groups is 1. The number of amides is 1. The summed E-state index contributed by atoms with van der Waals surface area (Å²) in [5.74, 6) is -0.207. The summed E-state index contributed by atoms with van der Waals surface area (Å²) in [5, 5.41) is 6.16. The summed E-state index contributed by atoms with van der Waals surface area (Å²) in [5.41, 5.74) is 3.39. The van der Waals surface area contributed by atoms with E-state index in [1.165, 1.54) is 5.56 Å². The standard InChI is InChI=1S/C19H25N3O/c1-13(2)21-16-10-11-20-17(12-16)18(23)22-15-8-6-14(7-9-15)19(3,4)5/h6-13H,1-5H3,(H,20,21)(H,22,23). The number of pyridine rings is 1. The van der Waals surface area contributed by atoms with Gasteiger partial charge in [-0.05, 0) is 49.1 Å². The molecular weight excluding hydrogens is 286 g/mol. The van der Waals surface area contributed by atoms with Gasteiger partial charge in [-0.1, -0.05) is 32.9 Å². The molecular formula is C19H25N3O. The van der Waals surface area contributed by atoms with Gasteiger partial charge in [-0.3, -0.25) is 9.78 Å². The van der Waals surface area contributed by atoms with Crippen molar-refractivity contribution in [3.05, 3.63) is 53.9 Å². The van der Waals surface area contributed by atoms with Crippen LogP contribution >= 0.6 is 0 Å². The van der Waals surface area contributed by atoms with Crippen molar-refractivity contribution in [3.63, 3.8) is 0 Å². The van der Waals surface area contributed by atoms with Gasteiger partial charge in [-0.2, -0.15) is 0 Å². The van der Waals surface area contributed by atoms with Gasteiger partial charge in [0.05, 0.1) is 0 Å². The van der Waals surface area contributed by atoms with E-state index in [0.29, 0.717) is 11.7 Å². The quantitative estimate of drug-likeness (QED) is 0.877. The second kappa shape index (κ2) is 6.82. The van der Waals surface area contributed by atoms with Crippen LogP contribution < -0.4 is 10.6 Å². The molecule has 0 aliphatic heterocycles. The number of rotatable bonds is 4. The van der Waals surface area contributed by atoms with Crippen LogP contribution in [0.4, 0.5) is 11.4 Å². The molecule has 1 aromatic carbocycles. The predicted octanol–water partition coefficient (Wildman–Crippen LogP) is 4.45. The van der Waals surface area contributed by atoms with Crippen molar-refractivity contribution in [2.75, 3.05) is 10.6 Å². The van der Waals surface area contributed by atoms with Crippen LogP contribution in [0.1, 0.15) is 50.7 Å². The van der Waals surface area contributed by atoms with Gasteiger partial charge in [0.1, 0.15) is 5.69 Å². The number of carbonyl (C=O) groups excluding carboxylic acids is 1. The van der Waals surface area contributed by atoms with Crippen LogP contribution in [0.15, 0.2) is 42.6 Å². The van der Waals surface area contributed by atoms with E-state index in [1.54, 1.807) is 12.3 Å². The Morgan fingerprint density at radius 1 is 1.04 bits per heavy atom. The molecule has 1 heterocycles. The van der Waals surface area contributed by atoms with E-state index < -0.39 is 0 Å². The molecule has 0 unspecified atom stereocenters. The summed E-state index contributed by atoms with van der Waals surface area (Å²) in [6.45, 7) is 10.6. The fraction of sp³-hybridized carbons (Fsp3) is 0.368. The molecule has 0 saturated heterocycles. The molecule has 2 N–H and O–H groups in total. The van der Waals surface area contributed by atoms with Crippen molar-refractivity contribution in [2.45, 2.75) is 46.1 Å². The van der Waals surface area contributed by atoms with E-state index in [-0.39, 0.29) is 11.3 Å². The highest BCUT2D eigenvalue weighted by Crippen LogP contribution is 2.23. The number of hydrogen-bond acceptors (Lipinski definition) is 3. The smallest absolute Gasteiger partial charge is 0.274 e. The van der Waals surface area contributed by atoms with Crippen molar-refractivity contribution >= 4 is 17.3 Å². The molecule has 4 nitrogen and oxygen atoms in total. The zero-order chi connectivity index (χ0) is 17.0. The van der Waals surface area contributed by atoms with Crippen molar-refractivity contribution in [1.82, 2.24) is 4.98 Å². The first-order chi connectivity index (χ1) is 10.8. The van der Waals surface area contributed by atoms with Crippen LogP contribution in [0, 0.1) is 0 Å². The van der Waals surface area contributed by atoms with Gasteiger partial charge in [-0.25, -0.2) is 0 Å². The molecule has 122 valence electrons. The van der Waals surface area contributed by atoms with Crippen molar-refractivity contribution in [1.29, 1.82) is 0 Å². The van der Waals surface area contributed by atoms with Crippen molar-refractivity contribution in [3.8, 4) is 0 Å². The maximum atomic E-state index is 12.3. The maximum Gasteiger partial charge on any atom is 0.274 e. The summed E-state index contributed by atoms with van der Waals surface area (Å²) in [6, 6.07) is 11.9. The van der Waals surface area contributed by atoms with E-state index >= 15 is 0 Å². The average molecular weight is 311 g/mol. The Hall–Kier alpha value is -2.36. The summed E-state index contributed by atoms with van der Waals surface area (Å²) < 4.78 is 0. The molecule has 0 bridgehead atoms. The normalized spacial score (nSPS) is 11.4. The molecule has 1 aromatic heterocycles. The molecule has 4 heteroatoms. The van der Waals surface area contributed by atoms with Gasteiger partial charge < -0.3 is 10.6 Å². The molecule has 0 atom stereocenters. The molecule has 0 aliphatic carbocycles. The first kappa shape index (κ1) is 17.0. The molecule has 0 radical (unpaired) electrons. The molecule has 0 spiro atoms. The van der Waals surface area contributed by atoms with Gasteiger partial charge in [0.15, 0.2) is 0 Å². The van der Waals surface area contributed by atoms with Crippen LogP contribution in [-0.2, 0) is 5.41 Å². The first-order valence-corrected chi connectivity index (χ1v) is 7.90. The highest BCUT2D eigenvalue weighted by atomic mass is 16.1. The summed E-state index contributed by atoms with van der Waals surface area (Å²) in [4.78, 5) is 16.5. The second-order valence-electron chi connectivity index (χ2n) is 7.01. The van der Waals surface area contributed by atoms with Crippen LogP contribution in [0.5, 0.6) is 0 Å². The minimum atomic E-state index is -0.207. The van der Waals surface area contributed by atoms with Gasteiger partial charge in [-0.15, -0.1) is 0 Å². The van der Waals surface area contributed by atoms with Gasteiger partial charge >= 0.3 is 0 Å². The SMILES string of the molecule is CC(C)Nc1ccnc(C(=O)Nc2ccc(C(C)(C)C)cc2)c1. The molecule has 1 amide bonds. The largest absolute Gasteiger partial charge is 0.383 e. The Bertz CT molecular complexity index is 670. The number of benzene rings is 1. The van der Waals surface area contributed by atoms with Gasteiger partial charge in [0.25, 0.3) is 5.91 Å². The molecule has 0 aliphatic rings. The number of nitrogens with zero attached hydrogens (tertiary/aromatic N) is 1. The molecule has 0 saturated carbocycles. The first-order valence-electron chi connectivity index (χ1n) is 7.90. The number of nitrogens with one attached hydrogen (secondary N) is 2. The highest BCUT2D eigenvalue weighted by Gasteiger charge is 2.14. The number of aromatic nitrogens is 1. The third-order valence-electron chi connectivity index (χ3n) is 3.46. The third kappa shape index (κ3) is 4.81. The number of hydrogen-bond donors (Lipinski definition) is 2. The Morgan fingerprint density at radius 3 is 2.26 bits per heavy atom. The van der Waals surface area contributed by atoms with Gasteiger partial charge in [0.2, 0.25) is 0 Å². The lowest BCUT2D eigenvalue weighted by atomic mass is 9.87. The summed E-state index contributed by atoms with van der Waals surface area (Å²) >= 11 is 0. The zero-order valence-electron chi connectivity index (χ0n) is 14.5. The van der Waals surface area contributed by atoms with Crippen LogP contribution in [0.2, 0.25) is 0 Å². The molecule has 2 rings (SSSR count). The second-order valence-corrected chi connectivity index (χ2v) is 7.01. The predicted molar refractivity (Wildman–Crippen MR) is 96.1 cm³/mol. The lowest BCUT2D eigenvalue weighted by Gasteiger charge is -2.19. The molecule has 23 heavy (non-hydrogen) atoms. The minimum absolute atomic E-state index is 0.0982. The molecule has 2 aromatic rings. The van der Waals surface area contributed by atoms with Crippen molar-refractivity contribution in [2.24, 2.45) is 0 Å². The Kier molecular flexibility index (Phi) is 5.04. The van der Waals surface area contributed by atoms with E-state index in [2.05, 4.69) is 50.2 Å². The Labute approximate surface area is 138 Å². The fourth-order valence-corrected chi connectivity index (χ4v) is 2.23. The third-order valence-corrected chi connectivity index (χ3v) is 3.46.